The molecule has 2 rings (SSSR count). The molecule has 1 fully saturated rings. The molecule has 0 bridgehead atoms. The summed E-state index contributed by atoms with van der Waals surface area (Å²) >= 11 is 3.49. The van der Waals surface area contributed by atoms with E-state index in [0.717, 1.165) is 24.0 Å². The van der Waals surface area contributed by atoms with Crippen LogP contribution in [-0.4, -0.2) is 30.3 Å². The number of nitrogens with zero attached hydrogens (tertiary/aromatic N) is 1. The first-order chi connectivity index (χ1) is 9.78. The van der Waals surface area contributed by atoms with Crippen molar-refractivity contribution >= 4 is 15.9 Å². The molecule has 0 amide bonds. The van der Waals surface area contributed by atoms with Crippen molar-refractivity contribution < 1.29 is 4.74 Å². The summed E-state index contributed by atoms with van der Waals surface area (Å²) in [7, 11) is 0. The third kappa shape index (κ3) is 5.51. The van der Waals surface area contributed by atoms with Gasteiger partial charge in [0.1, 0.15) is 0 Å². The van der Waals surface area contributed by atoms with E-state index in [9.17, 15) is 0 Å². The molecule has 2 unspecified atom stereocenters. The van der Waals surface area contributed by atoms with Crippen LogP contribution in [0.5, 0.6) is 0 Å². The number of likely N-dealkylation sites (N-methyl/N-ethyl adjacent to an activating group) is 1. The molecule has 2 atom stereocenters. The molecule has 1 aliphatic heterocycles. The van der Waals surface area contributed by atoms with Crippen LogP contribution >= 0.6 is 15.9 Å². The highest BCUT2D eigenvalue weighted by atomic mass is 79.9. The van der Waals surface area contributed by atoms with Gasteiger partial charge in [-0.3, -0.25) is 4.98 Å². The Labute approximate surface area is 130 Å². The molecule has 20 heavy (non-hydrogen) atoms. The summed E-state index contributed by atoms with van der Waals surface area (Å²) in [5.41, 5.74) is 1.29. The Kier molecular flexibility index (Phi) is 6.97. The van der Waals surface area contributed by atoms with Crippen molar-refractivity contribution in [3.05, 3.63) is 28.5 Å². The molecule has 1 aromatic heterocycles. The molecular weight excluding hydrogens is 316 g/mol. The van der Waals surface area contributed by atoms with Crippen molar-refractivity contribution in [3.8, 4) is 0 Å². The van der Waals surface area contributed by atoms with Crippen molar-refractivity contribution in [2.24, 2.45) is 0 Å². The fourth-order valence-corrected chi connectivity index (χ4v) is 3.25. The van der Waals surface area contributed by atoms with E-state index in [1.807, 2.05) is 12.4 Å². The van der Waals surface area contributed by atoms with E-state index in [4.69, 9.17) is 4.74 Å². The number of nitrogens with one attached hydrogen (secondary N) is 1. The standard InChI is InChI=1S/C16H25BrN2O/c1-2-19-15(6-7-16-5-3-4-8-20-16)10-13-9-14(17)12-18-11-13/h9,11-12,15-16,19H,2-8,10H2,1H3. The maximum Gasteiger partial charge on any atom is 0.0575 e. The summed E-state index contributed by atoms with van der Waals surface area (Å²) < 4.78 is 6.88. The quantitative estimate of drug-likeness (QED) is 0.821. The van der Waals surface area contributed by atoms with E-state index in [2.05, 4.69) is 39.2 Å². The zero-order valence-corrected chi connectivity index (χ0v) is 13.9. The second kappa shape index (κ2) is 8.75. The van der Waals surface area contributed by atoms with E-state index in [1.165, 1.54) is 37.7 Å². The van der Waals surface area contributed by atoms with Crippen LogP contribution in [0.3, 0.4) is 0 Å². The maximum atomic E-state index is 5.83. The molecule has 1 aliphatic rings. The second-order valence-electron chi connectivity index (χ2n) is 5.54. The Morgan fingerprint density at radius 2 is 2.35 bits per heavy atom. The molecule has 0 aliphatic carbocycles. The second-order valence-corrected chi connectivity index (χ2v) is 6.45. The summed E-state index contributed by atoms with van der Waals surface area (Å²) in [5, 5.41) is 3.59. The van der Waals surface area contributed by atoms with Crippen molar-refractivity contribution in [2.45, 2.75) is 57.6 Å². The Bertz CT molecular complexity index is 394. The fraction of sp³-hybridized carbons (Fsp3) is 0.688. The van der Waals surface area contributed by atoms with E-state index in [0.29, 0.717) is 12.1 Å². The van der Waals surface area contributed by atoms with Gasteiger partial charge in [-0.05, 0) is 72.6 Å². The van der Waals surface area contributed by atoms with Crippen LogP contribution in [0.4, 0.5) is 0 Å². The molecule has 2 heterocycles. The van der Waals surface area contributed by atoms with Crippen molar-refractivity contribution in [3.63, 3.8) is 0 Å². The maximum absolute atomic E-state index is 5.83. The number of ether oxygens (including phenoxy) is 1. The van der Waals surface area contributed by atoms with Gasteiger partial charge in [-0.2, -0.15) is 0 Å². The predicted molar refractivity (Wildman–Crippen MR) is 85.9 cm³/mol. The zero-order chi connectivity index (χ0) is 14.2. The van der Waals surface area contributed by atoms with Crippen LogP contribution in [0, 0.1) is 0 Å². The van der Waals surface area contributed by atoms with Crippen LogP contribution in [0.1, 0.15) is 44.6 Å². The molecule has 3 nitrogen and oxygen atoms in total. The number of aromatic nitrogens is 1. The zero-order valence-electron chi connectivity index (χ0n) is 12.3. The Balaban J connectivity index is 1.82. The normalized spacial score (nSPS) is 20.8. The van der Waals surface area contributed by atoms with Crippen molar-refractivity contribution in [1.82, 2.24) is 10.3 Å². The lowest BCUT2D eigenvalue weighted by Crippen LogP contribution is -2.32. The summed E-state index contributed by atoms with van der Waals surface area (Å²) in [6.07, 6.45) is 11.4. The van der Waals surface area contributed by atoms with Gasteiger partial charge in [-0.1, -0.05) is 6.92 Å². The predicted octanol–water partition coefficient (Wildman–Crippen LogP) is 3.71. The lowest BCUT2D eigenvalue weighted by molar-refractivity contribution is 0.00860. The molecular formula is C16H25BrN2O. The molecule has 0 spiro atoms. The van der Waals surface area contributed by atoms with Gasteiger partial charge >= 0.3 is 0 Å². The summed E-state index contributed by atoms with van der Waals surface area (Å²) in [6.45, 7) is 4.13. The first-order valence-corrected chi connectivity index (χ1v) is 8.51. The third-order valence-corrected chi connectivity index (χ3v) is 4.28. The van der Waals surface area contributed by atoms with Gasteiger partial charge in [-0.15, -0.1) is 0 Å². The highest BCUT2D eigenvalue weighted by Crippen LogP contribution is 2.19. The minimum atomic E-state index is 0.477. The molecule has 1 saturated heterocycles. The molecule has 1 aromatic rings. The topological polar surface area (TPSA) is 34.1 Å². The van der Waals surface area contributed by atoms with Gasteiger partial charge in [0.05, 0.1) is 6.10 Å². The summed E-state index contributed by atoms with van der Waals surface area (Å²) in [6, 6.07) is 2.68. The highest BCUT2D eigenvalue weighted by molar-refractivity contribution is 9.10. The van der Waals surface area contributed by atoms with Gasteiger partial charge in [0.25, 0.3) is 0 Å². The van der Waals surface area contributed by atoms with Crippen LogP contribution in [0.25, 0.3) is 0 Å². The fourth-order valence-electron chi connectivity index (χ4n) is 2.84. The SMILES string of the molecule is CCNC(CCC1CCCCO1)Cc1cncc(Br)c1. The minimum absolute atomic E-state index is 0.477. The van der Waals surface area contributed by atoms with Crippen molar-refractivity contribution in [1.29, 1.82) is 0 Å². The lowest BCUT2D eigenvalue weighted by atomic mass is 9.98. The summed E-state index contributed by atoms with van der Waals surface area (Å²) in [5.74, 6) is 0. The van der Waals surface area contributed by atoms with Crippen LogP contribution < -0.4 is 5.32 Å². The lowest BCUT2D eigenvalue weighted by Gasteiger charge is -2.25. The average Bonchev–Trinajstić information content (AvgIpc) is 2.46. The first kappa shape index (κ1) is 15.9. The number of halogens is 1. The monoisotopic (exact) mass is 340 g/mol. The first-order valence-electron chi connectivity index (χ1n) is 7.72. The van der Waals surface area contributed by atoms with Gasteiger partial charge in [-0.25, -0.2) is 0 Å². The van der Waals surface area contributed by atoms with Crippen LogP contribution in [0.2, 0.25) is 0 Å². The molecule has 0 saturated carbocycles. The average molecular weight is 341 g/mol. The van der Waals surface area contributed by atoms with Gasteiger partial charge in [0.15, 0.2) is 0 Å². The van der Waals surface area contributed by atoms with E-state index in [1.54, 1.807) is 0 Å². The Morgan fingerprint density at radius 1 is 1.45 bits per heavy atom. The number of pyridine rings is 1. The minimum Gasteiger partial charge on any atom is -0.378 e. The molecule has 112 valence electrons. The number of rotatable bonds is 7. The number of hydrogen-bond acceptors (Lipinski definition) is 3. The van der Waals surface area contributed by atoms with Gasteiger partial charge < -0.3 is 10.1 Å². The molecule has 1 N–H and O–H groups in total. The van der Waals surface area contributed by atoms with Crippen LogP contribution in [-0.2, 0) is 11.2 Å². The van der Waals surface area contributed by atoms with Crippen LogP contribution in [0.15, 0.2) is 22.9 Å². The third-order valence-electron chi connectivity index (χ3n) is 3.85. The van der Waals surface area contributed by atoms with E-state index >= 15 is 0 Å². The molecule has 0 aromatic carbocycles. The van der Waals surface area contributed by atoms with Gasteiger partial charge in [0, 0.05) is 29.5 Å². The number of hydrogen-bond donors (Lipinski definition) is 1. The highest BCUT2D eigenvalue weighted by Gasteiger charge is 2.16. The largest absolute Gasteiger partial charge is 0.378 e. The Morgan fingerprint density at radius 3 is 3.05 bits per heavy atom. The summed E-state index contributed by atoms with van der Waals surface area (Å²) in [4.78, 5) is 4.25. The van der Waals surface area contributed by atoms with E-state index in [-0.39, 0.29) is 0 Å². The van der Waals surface area contributed by atoms with E-state index < -0.39 is 0 Å². The molecule has 4 heteroatoms. The molecule has 0 radical (unpaired) electrons. The van der Waals surface area contributed by atoms with Gasteiger partial charge in [0.2, 0.25) is 0 Å². The van der Waals surface area contributed by atoms with Crippen molar-refractivity contribution in [2.75, 3.05) is 13.2 Å². The smallest absolute Gasteiger partial charge is 0.0575 e. The Hall–Kier alpha value is -0.450.